The van der Waals surface area contributed by atoms with Crippen molar-refractivity contribution >= 4 is 5.97 Å². The molecule has 0 aromatic carbocycles. The summed E-state index contributed by atoms with van der Waals surface area (Å²) in [5, 5.41) is 0. The van der Waals surface area contributed by atoms with E-state index in [-0.39, 0.29) is 11.6 Å². The van der Waals surface area contributed by atoms with E-state index in [9.17, 15) is 4.79 Å². The van der Waals surface area contributed by atoms with Crippen molar-refractivity contribution in [1.82, 2.24) is 0 Å². The molecule has 0 unspecified atom stereocenters. The molecule has 1 rings (SSSR count). The number of hydrogen-bond donors (Lipinski definition) is 0. The van der Waals surface area contributed by atoms with Gasteiger partial charge in [0.1, 0.15) is 0 Å². The lowest BCUT2D eigenvalue weighted by Gasteiger charge is -2.39. The van der Waals surface area contributed by atoms with Gasteiger partial charge >= 0.3 is 5.97 Å². The van der Waals surface area contributed by atoms with E-state index >= 15 is 0 Å². The van der Waals surface area contributed by atoms with Crippen molar-refractivity contribution in [2.75, 3.05) is 13.2 Å². The second kappa shape index (κ2) is 3.05. The molecule has 1 fully saturated rings. The van der Waals surface area contributed by atoms with E-state index < -0.39 is 0 Å². The summed E-state index contributed by atoms with van der Waals surface area (Å²) < 4.78 is 10.1. The Morgan fingerprint density at radius 1 is 1.82 bits per heavy atom. The van der Waals surface area contributed by atoms with E-state index in [2.05, 4.69) is 6.58 Å². The molecular formula is C8H12O3. The van der Waals surface area contributed by atoms with Gasteiger partial charge in [-0.2, -0.15) is 0 Å². The molecule has 1 aliphatic heterocycles. The van der Waals surface area contributed by atoms with Crippen LogP contribution in [-0.4, -0.2) is 24.8 Å². The fourth-order valence-electron chi connectivity index (χ4n) is 0.920. The predicted octanol–water partition coefficient (Wildman–Crippen LogP) is 0.895. The minimum atomic E-state index is -0.366. The van der Waals surface area contributed by atoms with Crippen LogP contribution in [0.25, 0.3) is 0 Å². The van der Waals surface area contributed by atoms with Gasteiger partial charge in [-0.25, -0.2) is 4.79 Å². The number of ether oxygens (including phenoxy) is 2. The van der Waals surface area contributed by atoms with Crippen LogP contribution < -0.4 is 0 Å². The van der Waals surface area contributed by atoms with Gasteiger partial charge in [-0.05, 0) is 6.42 Å². The molecule has 1 aliphatic rings. The van der Waals surface area contributed by atoms with Crippen molar-refractivity contribution in [2.24, 2.45) is 0 Å². The highest BCUT2D eigenvalue weighted by Crippen LogP contribution is 2.25. The van der Waals surface area contributed by atoms with Crippen molar-refractivity contribution in [3.8, 4) is 0 Å². The van der Waals surface area contributed by atoms with E-state index in [0.29, 0.717) is 13.2 Å². The molecule has 0 spiro atoms. The molecule has 0 radical (unpaired) electrons. The molecule has 0 aliphatic carbocycles. The molecule has 0 N–H and O–H groups in total. The van der Waals surface area contributed by atoms with Gasteiger partial charge < -0.3 is 9.47 Å². The maximum Gasteiger partial charge on any atom is 0.330 e. The zero-order valence-electron chi connectivity index (χ0n) is 6.63. The summed E-state index contributed by atoms with van der Waals surface area (Å²) in [6.45, 7) is 6.33. The van der Waals surface area contributed by atoms with Crippen LogP contribution in [0.1, 0.15) is 13.3 Å². The average molecular weight is 156 g/mol. The maximum atomic E-state index is 10.8. The van der Waals surface area contributed by atoms with Crippen LogP contribution in [0.4, 0.5) is 0 Å². The van der Waals surface area contributed by atoms with E-state index in [1.54, 1.807) is 0 Å². The topological polar surface area (TPSA) is 35.5 Å². The van der Waals surface area contributed by atoms with Crippen molar-refractivity contribution in [1.29, 1.82) is 0 Å². The van der Waals surface area contributed by atoms with Gasteiger partial charge in [-0.15, -0.1) is 0 Å². The number of carbonyl (C=O) groups is 1. The second-order valence-corrected chi connectivity index (χ2v) is 2.65. The molecule has 1 saturated heterocycles. The maximum absolute atomic E-state index is 10.8. The van der Waals surface area contributed by atoms with Crippen LogP contribution >= 0.6 is 0 Å². The SMILES string of the molecule is C=CC(=O)OC1(CC)COC1. The first-order valence-corrected chi connectivity index (χ1v) is 3.65. The normalized spacial score (nSPS) is 20.1. The minimum Gasteiger partial charge on any atom is -0.451 e. The summed E-state index contributed by atoms with van der Waals surface area (Å²) in [6, 6.07) is 0. The molecule has 0 saturated carbocycles. The molecule has 3 heteroatoms. The van der Waals surface area contributed by atoms with Crippen LogP contribution in [0.3, 0.4) is 0 Å². The summed E-state index contributed by atoms with van der Waals surface area (Å²) in [7, 11) is 0. The van der Waals surface area contributed by atoms with Crippen LogP contribution in [0.2, 0.25) is 0 Å². The first-order chi connectivity index (χ1) is 5.22. The Hall–Kier alpha value is -0.830. The smallest absolute Gasteiger partial charge is 0.330 e. The Bertz CT molecular complexity index is 165. The summed E-state index contributed by atoms with van der Waals surface area (Å²) in [4.78, 5) is 10.8. The first-order valence-electron chi connectivity index (χ1n) is 3.65. The Morgan fingerprint density at radius 2 is 2.45 bits per heavy atom. The average Bonchev–Trinajstić information content (AvgIpc) is 1.96. The molecule has 3 nitrogen and oxygen atoms in total. The number of carbonyl (C=O) groups excluding carboxylic acids is 1. The summed E-state index contributed by atoms with van der Waals surface area (Å²) in [5.74, 6) is -0.366. The van der Waals surface area contributed by atoms with E-state index in [4.69, 9.17) is 9.47 Å². The minimum absolute atomic E-state index is 0.356. The lowest BCUT2D eigenvalue weighted by molar-refractivity contribution is -0.209. The zero-order chi connectivity index (χ0) is 8.32. The molecular weight excluding hydrogens is 144 g/mol. The predicted molar refractivity (Wildman–Crippen MR) is 40.1 cm³/mol. The van der Waals surface area contributed by atoms with E-state index in [1.165, 1.54) is 6.08 Å². The standard InChI is InChI=1S/C8H12O3/c1-3-7(9)11-8(4-2)5-10-6-8/h3H,1,4-6H2,2H3. The largest absolute Gasteiger partial charge is 0.451 e. The van der Waals surface area contributed by atoms with Crippen molar-refractivity contribution < 1.29 is 14.3 Å². The van der Waals surface area contributed by atoms with E-state index in [0.717, 1.165) is 6.42 Å². The third kappa shape index (κ3) is 1.60. The van der Waals surface area contributed by atoms with Gasteiger partial charge in [0, 0.05) is 6.08 Å². The third-order valence-electron chi connectivity index (χ3n) is 1.86. The molecule has 0 bridgehead atoms. The Labute approximate surface area is 66.0 Å². The Balaban J connectivity index is 2.44. The Morgan fingerprint density at radius 3 is 2.73 bits per heavy atom. The number of esters is 1. The highest BCUT2D eigenvalue weighted by Gasteiger charge is 2.40. The third-order valence-corrected chi connectivity index (χ3v) is 1.86. The highest BCUT2D eigenvalue weighted by atomic mass is 16.6. The van der Waals surface area contributed by atoms with Crippen molar-refractivity contribution in [2.45, 2.75) is 18.9 Å². The highest BCUT2D eigenvalue weighted by molar-refractivity contribution is 5.81. The monoisotopic (exact) mass is 156 g/mol. The van der Waals surface area contributed by atoms with Gasteiger partial charge in [-0.1, -0.05) is 13.5 Å². The molecule has 62 valence electrons. The summed E-state index contributed by atoms with van der Waals surface area (Å²) in [6.07, 6.45) is 1.97. The number of rotatable bonds is 3. The zero-order valence-corrected chi connectivity index (χ0v) is 6.63. The van der Waals surface area contributed by atoms with Crippen LogP contribution in [-0.2, 0) is 14.3 Å². The van der Waals surface area contributed by atoms with Gasteiger partial charge in [0.2, 0.25) is 0 Å². The second-order valence-electron chi connectivity index (χ2n) is 2.65. The summed E-state index contributed by atoms with van der Waals surface area (Å²) >= 11 is 0. The van der Waals surface area contributed by atoms with Crippen LogP contribution in [0.5, 0.6) is 0 Å². The summed E-state index contributed by atoms with van der Waals surface area (Å²) in [5.41, 5.74) is -0.356. The molecule has 0 aromatic rings. The van der Waals surface area contributed by atoms with Crippen molar-refractivity contribution in [3.05, 3.63) is 12.7 Å². The van der Waals surface area contributed by atoms with E-state index in [1.807, 2.05) is 6.92 Å². The molecule has 0 aromatic heterocycles. The molecule has 1 heterocycles. The molecule has 0 amide bonds. The fourth-order valence-corrected chi connectivity index (χ4v) is 0.920. The van der Waals surface area contributed by atoms with Gasteiger partial charge in [0.25, 0.3) is 0 Å². The lowest BCUT2D eigenvalue weighted by Crippen LogP contribution is -2.52. The fraction of sp³-hybridized carbons (Fsp3) is 0.625. The quantitative estimate of drug-likeness (QED) is 0.449. The lowest BCUT2D eigenvalue weighted by atomic mass is 9.99. The molecule has 11 heavy (non-hydrogen) atoms. The van der Waals surface area contributed by atoms with Gasteiger partial charge in [-0.3, -0.25) is 0 Å². The first kappa shape index (κ1) is 8.27. The Kier molecular flexibility index (Phi) is 2.29. The van der Waals surface area contributed by atoms with Crippen LogP contribution in [0.15, 0.2) is 12.7 Å². The number of hydrogen-bond acceptors (Lipinski definition) is 3. The van der Waals surface area contributed by atoms with Gasteiger partial charge in [0.15, 0.2) is 5.60 Å². The molecule has 0 atom stereocenters. The van der Waals surface area contributed by atoms with Crippen LogP contribution in [0, 0.1) is 0 Å². The van der Waals surface area contributed by atoms with Gasteiger partial charge in [0.05, 0.1) is 13.2 Å². The van der Waals surface area contributed by atoms with Crippen molar-refractivity contribution in [3.63, 3.8) is 0 Å².